The van der Waals surface area contributed by atoms with Crippen molar-refractivity contribution in [2.24, 2.45) is 0 Å². The van der Waals surface area contributed by atoms with Gasteiger partial charge in [0.25, 0.3) is 0 Å². The van der Waals surface area contributed by atoms with Crippen LogP contribution < -0.4 is 0 Å². The third-order valence-electron chi connectivity index (χ3n) is 0. The maximum absolute atomic E-state index is 8.56. The third kappa shape index (κ3) is 10300000. The van der Waals surface area contributed by atoms with E-state index >= 15 is 0 Å². The van der Waals surface area contributed by atoms with Gasteiger partial charge in [-0.3, -0.25) is 0 Å². The topological polar surface area (TPSA) is 326 Å². The minimum atomic E-state index is -2.86. The van der Waals surface area contributed by atoms with Gasteiger partial charge in [0.05, 0.1) is 0 Å². The predicted molar refractivity (Wildman–Crippen MR) is 68.2 cm³/mol. The summed E-state index contributed by atoms with van der Waals surface area (Å²) in [5.41, 5.74) is 0. The fourth-order valence-electron chi connectivity index (χ4n) is 0. The van der Waals surface area contributed by atoms with Crippen LogP contribution >= 0.6 is 0 Å². The average molecular weight is 545 g/mol. The van der Waals surface area contributed by atoms with E-state index in [1.54, 1.807) is 0 Å². The molecule has 0 saturated heterocycles. The smallest absolute Gasteiger partial charge is 0.0495 e. The van der Waals surface area contributed by atoms with Crippen LogP contribution in [0.1, 0.15) is 0 Å². The van der Waals surface area contributed by atoms with Crippen molar-refractivity contribution in [3.63, 3.8) is 0 Å². The first-order valence-electron chi connectivity index (χ1n) is 3.10. The van der Waals surface area contributed by atoms with Gasteiger partial charge < -0.3 is 77.8 Å². The van der Waals surface area contributed by atoms with Crippen molar-refractivity contribution in [2.45, 2.75) is 0 Å². The van der Waals surface area contributed by atoms with Crippen LogP contribution in [0.15, 0.2) is 0 Å². The molecular weight excluding hydrogens is 539 g/mol. The standard InChI is InChI=1S/Co.6HO3S/c;6*1-4(2)3/h;6*(H,1,2,3)/q;6*-1. The van der Waals surface area contributed by atoms with E-state index in [0.717, 1.165) is 0 Å². The Balaban J connectivity index is -0.0000000309. The van der Waals surface area contributed by atoms with Crippen LogP contribution in [0.5, 0.6) is 0 Å². The first-order valence-corrected chi connectivity index (χ1v) is 9.29. The minimum absolute atomic E-state index is 0. The van der Waals surface area contributed by atoms with Crippen molar-refractivity contribution in [2.75, 3.05) is 0 Å². The maximum atomic E-state index is 8.56. The van der Waals surface area contributed by atoms with Crippen molar-refractivity contribution >= 4 is 65.9 Å². The number of rotatable bonds is 0. The second-order valence-corrected chi connectivity index (χ2v) is 3.91. The Hall–Kier alpha value is -0.0335. The second-order valence-electron chi connectivity index (χ2n) is 1.30. The summed E-state index contributed by atoms with van der Waals surface area (Å²) < 4.78 is 144. The van der Waals surface area contributed by atoms with Gasteiger partial charge in [-0.2, -0.15) is 0 Å². The summed E-state index contributed by atoms with van der Waals surface area (Å²) >= 11 is 0. The fraction of sp³-hybridized carbons (Fsp3) is 0. The van der Waals surface area contributed by atoms with Crippen LogP contribution in [0, 0.1) is 0 Å². The van der Waals surface area contributed by atoms with E-state index in [2.05, 4.69) is 0 Å². The van der Waals surface area contributed by atoms with Gasteiger partial charge >= 0.3 is 0 Å². The van der Waals surface area contributed by atoms with E-state index in [-0.39, 0.29) is 16.8 Å². The van der Waals surface area contributed by atoms with E-state index in [0.29, 0.717) is 0 Å². The number of hydrogen-bond donors (Lipinski definition) is 6. The van der Waals surface area contributed by atoms with Gasteiger partial charge in [-0.25, -0.2) is 0 Å². The Labute approximate surface area is 160 Å². The molecule has 0 aliphatic heterocycles. The van der Waals surface area contributed by atoms with Gasteiger partial charge in [-0.1, -0.05) is 0 Å². The molecule has 25 heavy (non-hydrogen) atoms. The Kier molecular flexibility index (Phi) is 69.6. The van der Waals surface area contributed by atoms with Crippen LogP contribution in [0.3, 0.4) is 0 Å². The van der Waals surface area contributed by atoms with Crippen LogP contribution in [0.2, 0.25) is 0 Å². The molecule has 0 aromatic heterocycles. The molecule has 0 amide bonds. The molecule has 0 aliphatic rings. The Bertz CT molecular complexity index is 471. The molecule has 0 spiro atoms. The summed E-state index contributed by atoms with van der Waals surface area (Å²) in [6.07, 6.45) is 0. The average Bonchev–Trinajstić information content (AvgIpc) is 2.08. The molecule has 6 N–H and O–H groups in total. The van der Waals surface area contributed by atoms with Gasteiger partial charge in [-0.15, -0.1) is 0 Å². The van der Waals surface area contributed by atoms with E-state index in [1.165, 1.54) is 0 Å². The van der Waals surface area contributed by atoms with Gasteiger partial charge in [0, 0.05) is 82.7 Å². The third-order valence-corrected chi connectivity index (χ3v) is 0. The summed E-state index contributed by atoms with van der Waals surface area (Å²) in [4.78, 5) is 0. The van der Waals surface area contributed by atoms with Crippen LogP contribution in [0.4, 0.5) is 0 Å². The van der Waals surface area contributed by atoms with Crippen LogP contribution in [0.25, 0.3) is 0 Å². The summed E-state index contributed by atoms with van der Waals surface area (Å²) in [6.45, 7) is 0. The second kappa shape index (κ2) is 39.2. The molecule has 0 aromatic rings. The van der Waals surface area contributed by atoms with Gasteiger partial charge in [-0.05, 0) is 0 Å². The van der Waals surface area contributed by atoms with Crippen molar-refractivity contribution in [1.82, 2.24) is 0 Å². The molecule has 0 aliphatic carbocycles. The molecule has 0 heterocycles. The predicted octanol–water partition coefficient (Wildman–Crippen LogP) is -1.39. The first kappa shape index (κ1) is 44.4. The molecule has 0 rings (SSSR count). The maximum Gasteiger partial charge on any atom is 0.0495 e. The van der Waals surface area contributed by atoms with Crippen molar-refractivity contribution in [3.05, 3.63) is 0 Å². The summed E-state index contributed by atoms with van der Waals surface area (Å²) in [6, 6.07) is 0. The first-order chi connectivity index (χ1) is 10.4. The minimum Gasteiger partial charge on any atom is -0.439 e. The normalized spacial score (nSPS) is 8.16. The monoisotopic (exact) mass is 545 g/mol. The molecule has 25 heteroatoms. The SMILES string of the molecule is O=[S-](=O)O.O=[S-](=O)O.O=[S-](=O)O.O=[S-](=O)O.O=[S-](=O)O.O=[S-](=O)O.[Co]. The number of hydrogen-bond acceptors (Lipinski definition) is 18. The molecule has 0 aromatic carbocycles. The molecule has 0 unspecified atom stereocenters. The summed E-state index contributed by atoms with van der Waals surface area (Å²) in [7, 11) is -17.2. The van der Waals surface area contributed by atoms with Crippen LogP contribution in [-0.4, -0.2) is 27.3 Å². The Morgan fingerprint density at radius 2 is 0.280 bits per heavy atom. The molecule has 0 fully saturated rings. The molecule has 1 radical (unpaired) electrons. The van der Waals surface area contributed by atoms with Crippen molar-refractivity contribution in [3.8, 4) is 0 Å². The van der Waals surface area contributed by atoms with Gasteiger partial charge in [0.15, 0.2) is 0 Å². The molecular formula is H6CoO18S6-6. The van der Waals surface area contributed by atoms with Gasteiger partial charge in [0.2, 0.25) is 0 Å². The Morgan fingerprint density at radius 1 is 0.280 bits per heavy atom. The summed E-state index contributed by atoms with van der Waals surface area (Å²) in [5, 5.41) is 0. The van der Waals surface area contributed by atoms with E-state index in [9.17, 15) is 0 Å². The largest absolute Gasteiger partial charge is 0.439 e. The van der Waals surface area contributed by atoms with E-state index < -0.39 is 65.9 Å². The van der Waals surface area contributed by atoms with Gasteiger partial charge in [0.1, 0.15) is 0 Å². The molecule has 18 nitrogen and oxygen atoms in total. The van der Waals surface area contributed by atoms with Crippen molar-refractivity contribution < 1.29 is 94.6 Å². The molecule has 0 saturated carbocycles. The molecule has 0 atom stereocenters. The van der Waals surface area contributed by atoms with E-state index in [4.69, 9.17) is 77.8 Å². The van der Waals surface area contributed by atoms with Crippen LogP contribution in [-0.2, 0) is 133 Å². The molecule has 165 valence electrons. The zero-order valence-electron chi connectivity index (χ0n) is 10.4. The van der Waals surface area contributed by atoms with Crippen molar-refractivity contribution in [1.29, 1.82) is 0 Å². The quantitative estimate of drug-likeness (QED) is 0.116. The van der Waals surface area contributed by atoms with E-state index in [1.807, 2.05) is 0 Å². The Morgan fingerprint density at radius 3 is 0.280 bits per heavy atom. The zero-order chi connectivity index (χ0) is 21.5. The zero-order valence-corrected chi connectivity index (χ0v) is 16.3. The summed E-state index contributed by atoms with van der Waals surface area (Å²) in [5.74, 6) is 0. The molecule has 0 bridgehead atoms. The fourth-order valence-corrected chi connectivity index (χ4v) is 0.